The minimum atomic E-state index is -0.425. The molecule has 8 nitrogen and oxygen atoms in total. The second kappa shape index (κ2) is 10.5. The van der Waals surface area contributed by atoms with Gasteiger partial charge >= 0.3 is 0 Å². The molecule has 1 aliphatic heterocycles. The van der Waals surface area contributed by atoms with E-state index < -0.39 is 5.91 Å². The summed E-state index contributed by atoms with van der Waals surface area (Å²) in [7, 11) is 0. The van der Waals surface area contributed by atoms with Gasteiger partial charge in [0.25, 0.3) is 5.91 Å². The second-order valence-electron chi connectivity index (χ2n) is 5.93. The fourth-order valence-corrected chi connectivity index (χ4v) is 4.01. The number of morpholine rings is 1. The van der Waals surface area contributed by atoms with Crippen LogP contribution in [0.5, 0.6) is 0 Å². The van der Waals surface area contributed by atoms with Crippen LogP contribution in [0.15, 0.2) is 28.6 Å². The summed E-state index contributed by atoms with van der Waals surface area (Å²) in [6.45, 7) is 4.62. The molecule has 11 heteroatoms. The average Bonchev–Trinajstić information content (AvgIpc) is 3.18. The van der Waals surface area contributed by atoms with E-state index >= 15 is 0 Å². The van der Waals surface area contributed by atoms with Gasteiger partial charge in [0.15, 0.2) is 4.34 Å². The van der Waals surface area contributed by atoms with Gasteiger partial charge in [-0.05, 0) is 24.3 Å². The van der Waals surface area contributed by atoms with Crippen molar-refractivity contribution in [3.8, 4) is 0 Å². The molecule has 3 rings (SSSR count). The lowest BCUT2D eigenvalue weighted by Gasteiger charge is -2.26. The zero-order chi connectivity index (χ0) is 19.8. The monoisotopic (exact) mass is 425 g/mol. The number of anilines is 1. The number of hydrogen-bond acceptors (Lipinski definition) is 8. The van der Waals surface area contributed by atoms with E-state index in [1.165, 1.54) is 36.0 Å². The Balaban J connectivity index is 1.38. The summed E-state index contributed by atoms with van der Waals surface area (Å²) < 4.78 is 18.7. The van der Waals surface area contributed by atoms with E-state index in [1.54, 1.807) is 0 Å². The third-order valence-corrected chi connectivity index (χ3v) is 5.94. The lowest BCUT2D eigenvalue weighted by molar-refractivity contribution is -0.118. The lowest BCUT2D eigenvalue weighted by atomic mass is 10.3. The number of halogens is 1. The molecular formula is C17H20FN5O3S2. The molecule has 2 N–H and O–H groups in total. The van der Waals surface area contributed by atoms with E-state index in [-0.39, 0.29) is 22.5 Å². The Labute approximate surface area is 169 Å². The first-order chi connectivity index (χ1) is 13.6. The SMILES string of the molecule is O=C(CSc1nnc(C(=O)Nc2ccc(F)cc2)s1)NCCN1CCOCC1. The Kier molecular flexibility index (Phi) is 7.71. The number of ether oxygens (including phenoxy) is 1. The molecule has 1 aliphatic rings. The molecule has 2 amide bonds. The summed E-state index contributed by atoms with van der Waals surface area (Å²) in [6, 6.07) is 5.44. The van der Waals surface area contributed by atoms with Gasteiger partial charge in [0, 0.05) is 31.9 Å². The Hall–Kier alpha value is -2.08. The van der Waals surface area contributed by atoms with E-state index in [0.29, 0.717) is 16.6 Å². The van der Waals surface area contributed by atoms with Crippen molar-refractivity contribution in [2.24, 2.45) is 0 Å². The number of thioether (sulfide) groups is 1. The van der Waals surface area contributed by atoms with Crippen molar-refractivity contribution in [2.75, 3.05) is 50.5 Å². The molecule has 2 aromatic rings. The van der Waals surface area contributed by atoms with Crippen LogP contribution >= 0.6 is 23.1 Å². The van der Waals surface area contributed by atoms with Crippen molar-refractivity contribution in [1.82, 2.24) is 20.4 Å². The summed E-state index contributed by atoms with van der Waals surface area (Å²) >= 11 is 2.34. The van der Waals surface area contributed by atoms with Gasteiger partial charge in [-0.2, -0.15) is 0 Å². The zero-order valence-corrected chi connectivity index (χ0v) is 16.7. The Morgan fingerprint density at radius 3 is 2.71 bits per heavy atom. The highest BCUT2D eigenvalue weighted by molar-refractivity contribution is 8.01. The van der Waals surface area contributed by atoms with Gasteiger partial charge in [0.1, 0.15) is 5.82 Å². The summed E-state index contributed by atoms with van der Waals surface area (Å²) in [4.78, 5) is 26.3. The number of rotatable bonds is 8. The molecule has 0 saturated carbocycles. The molecule has 1 aromatic carbocycles. The molecule has 28 heavy (non-hydrogen) atoms. The topological polar surface area (TPSA) is 96.5 Å². The van der Waals surface area contributed by atoms with Gasteiger partial charge in [0.05, 0.1) is 19.0 Å². The molecule has 2 heterocycles. The van der Waals surface area contributed by atoms with Crippen LogP contribution in [0.4, 0.5) is 10.1 Å². The highest BCUT2D eigenvalue weighted by Crippen LogP contribution is 2.23. The maximum Gasteiger partial charge on any atom is 0.286 e. The normalized spacial score (nSPS) is 14.6. The fraction of sp³-hybridized carbons (Fsp3) is 0.412. The number of carbonyl (C=O) groups excluding carboxylic acids is 2. The van der Waals surface area contributed by atoms with E-state index in [2.05, 4.69) is 25.7 Å². The molecule has 150 valence electrons. The van der Waals surface area contributed by atoms with Crippen LogP contribution in [0, 0.1) is 5.82 Å². The Bertz CT molecular complexity index is 796. The number of aromatic nitrogens is 2. The lowest BCUT2D eigenvalue weighted by Crippen LogP contribution is -2.41. The van der Waals surface area contributed by atoms with Crippen molar-refractivity contribution < 1.29 is 18.7 Å². The number of hydrogen-bond donors (Lipinski definition) is 2. The first kappa shape index (κ1) is 20.6. The fourth-order valence-electron chi connectivity index (χ4n) is 2.43. The van der Waals surface area contributed by atoms with E-state index in [4.69, 9.17) is 4.74 Å². The van der Waals surface area contributed by atoms with Crippen molar-refractivity contribution in [1.29, 1.82) is 0 Å². The van der Waals surface area contributed by atoms with Crippen molar-refractivity contribution in [2.45, 2.75) is 4.34 Å². The van der Waals surface area contributed by atoms with Crippen molar-refractivity contribution in [3.05, 3.63) is 35.1 Å². The van der Waals surface area contributed by atoms with Crippen LogP contribution in [0.1, 0.15) is 9.80 Å². The standard InChI is InChI=1S/C17H20FN5O3S2/c18-12-1-3-13(4-2-12)20-15(25)16-21-22-17(28-16)27-11-14(24)19-5-6-23-7-9-26-10-8-23/h1-4H,5-11H2,(H,19,24)(H,20,25). The van der Waals surface area contributed by atoms with Gasteiger partial charge in [-0.1, -0.05) is 23.1 Å². The van der Waals surface area contributed by atoms with Gasteiger partial charge in [-0.25, -0.2) is 4.39 Å². The molecule has 0 bridgehead atoms. The number of nitrogens with zero attached hydrogens (tertiary/aromatic N) is 3. The third-order valence-electron chi connectivity index (χ3n) is 3.88. The smallest absolute Gasteiger partial charge is 0.286 e. The van der Waals surface area contributed by atoms with Gasteiger partial charge in [-0.15, -0.1) is 10.2 Å². The summed E-state index contributed by atoms with van der Waals surface area (Å²) in [5, 5.41) is 13.4. The van der Waals surface area contributed by atoms with Crippen molar-refractivity contribution >= 4 is 40.6 Å². The molecule has 0 spiro atoms. The molecule has 0 radical (unpaired) electrons. The van der Waals surface area contributed by atoms with Crippen LogP contribution in [0.2, 0.25) is 0 Å². The van der Waals surface area contributed by atoms with Gasteiger partial charge < -0.3 is 15.4 Å². The maximum absolute atomic E-state index is 12.9. The summed E-state index contributed by atoms with van der Waals surface area (Å²) in [6.07, 6.45) is 0. The van der Waals surface area contributed by atoms with Crippen LogP contribution in [0.3, 0.4) is 0 Å². The predicted octanol–water partition coefficient (Wildman–Crippen LogP) is 1.47. The maximum atomic E-state index is 12.9. The minimum absolute atomic E-state index is 0.0919. The van der Waals surface area contributed by atoms with Crippen LogP contribution in [0.25, 0.3) is 0 Å². The van der Waals surface area contributed by atoms with Crippen LogP contribution in [-0.2, 0) is 9.53 Å². The number of benzene rings is 1. The van der Waals surface area contributed by atoms with E-state index in [1.807, 2.05) is 0 Å². The Morgan fingerprint density at radius 2 is 1.96 bits per heavy atom. The second-order valence-corrected chi connectivity index (χ2v) is 8.13. The number of carbonyl (C=O) groups is 2. The number of nitrogens with one attached hydrogen (secondary N) is 2. The quantitative estimate of drug-likeness (QED) is 0.618. The van der Waals surface area contributed by atoms with Crippen LogP contribution < -0.4 is 10.6 Å². The predicted molar refractivity (Wildman–Crippen MR) is 105 cm³/mol. The Morgan fingerprint density at radius 1 is 1.21 bits per heavy atom. The molecular weight excluding hydrogens is 405 g/mol. The molecule has 1 fully saturated rings. The molecule has 1 saturated heterocycles. The third kappa shape index (κ3) is 6.51. The molecule has 0 unspecified atom stereocenters. The van der Waals surface area contributed by atoms with Crippen molar-refractivity contribution in [3.63, 3.8) is 0 Å². The zero-order valence-electron chi connectivity index (χ0n) is 15.0. The number of amides is 2. The average molecular weight is 426 g/mol. The first-order valence-corrected chi connectivity index (χ1v) is 10.5. The minimum Gasteiger partial charge on any atom is -0.379 e. The van der Waals surface area contributed by atoms with E-state index in [9.17, 15) is 14.0 Å². The molecule has 1 aromatic heterocycles. The van der Waals surface area contributed by atoms with Crippen LogP contribution in [-0.4, -0.2) is 72.1 Å². The van der Waals surface area contributed by atoms with Gasteiger partial charge in [-0.3, -0.25) is 14.5 Å². The highest BCUT2D eigenvalue weighted by atomic mass is 32.2. The van der Waals surface area contributed by atoms with Gasteiger partial charge in [0.2, 0.25) is 10.9 Å². The highest BCUT2D eigenvalue weighted by Gasteiger charge is 2.15. The van der Waals surface area contributed by atoms with E-state index in [0.717, 1.165) is 44.2 Å². The summed E-state index contributed by atoms with van der Waals surface area (Å²) in [5.74, 6) is -0.690. The summed E-state index contributed by atoms with van der Waals surface area (Å²) in [5.41, 5.74) is 0.468. The first-order valence-electron chi connectivity index (χ1n) is 8.70. The molecule has 0 aliphatic carbocycles. The largest absolute Gasteiger partial charge is 0.379 e. The molecule has 0 atom stereocenters.